The molecule has 1 saturated heterocycles. The van der Waals surface area contributed by atoms with Crippen LogP contribution in [0.15, 0.2) is 30.3 Å². The maximum absolute atomic E-state index is 5.87. The number of methoxy groups -OCH3 is 2. The second-order valence-corrected chi connectivity index (χ2v) is 7.84. The quantitative estimate of drug-likeness (QED) is 0.703. The molecule has 0 aliphatic carbocycles. The zero-order valence-electron chi connectivity index (χ0n) is 15.3. The third-order valence-electron chi connectivity index (χ3n) is 4.54. The van der Waals surface area contributed by atoms with E-state index in [0.717, 1.165) is 49.7 Å². The molecular weight excluding hydrogens is 334 g/mol. The zero-order valence-corrected chi connectivity index (χ0v) is 16.1. The first-order valence-electron chi connectivity index (χ1n) is 8.78. The van der Waals surface area contributed by atoms with Crippen LogP contribution in [0.4, 0.5) is 0 Å². The Kier molecular flexibility index (Phi) is 6.34. The molecule has 3 rings (SSSR count). The van der Waals surface area contributed by atoms with Gasteiger partial charge in [-0.25, -0.2) is 0 Å². The zero-order chi connectivity index (χ0) is 17.6. The number of benzene rings is 1. The van der Waals surface area contributed by atoms with Crippen molar-refractivity contribution in [2.75, 3.05) is 27.4 Å². The van der Waals surface area contributed by atoms with E-state index >= 15 is 0 Å². The highest BCUT2D eigenvalue weighted by molar-refractivity contribution is 7.11. The van der Waals surface area contributed by atoms with E-state index in [1.54, 1.807) is 14.2 Å². The maximum atomic E-state index is 5.87. The van der Waals surface area contributed by atoms with Gasteiger partial charge in [-0.05, 0) is 38.0 Å². The lowest BCUT2D eigenvalue weighted by atomic mass is 10.1. The molecule has 1 unspecified atom stereocenters. The second kappa shape index (κ2) is 8.70. The molecule has 1 aromatic heterocycles. The van der Waals surface area contributed by atoms with Crippen molar-refractivity contribution in [2.45, 2.75) is 39.0 Å². The van der Waals surface area contributed by atoms with E-state index in [1.165, 1.54) is 16.2 Å². The van der Waals surface area contributed by atoms with E-state index in [0.29, 0.717) is 6.10 Å². The molecule has 25 heavy (non-hydrogen) atoms. The van der Waals surface area contributed by atoms with E-state index in [-0.39, 0.29) is 0 Å². The van der Waals surface area contributed by atoms with Crippen molar-refractivity contribution in [3.63, 3.8) is 0 Å². The normalized spacial score (nSPS) is 17.2. The summed E-state index contributed by atoms with van der Waals surface area (Å²) in [6, 6.07) is 10.5. The van der Waals surface area contributed by atoms with Gasteiger partial charge in [0.05, 0.1) is 20.3 Å². The van der Waals surface area contributed by atoms with Crippen LogP contribution < -0.4 is 9.47 Å². The van der Waals surface area contributed by atoms with Gasteiger partial charge in [0.15, 0.2) is 11.5 Å². The fourth-order valence-electron chi connectivity index (χ4n) is 3.37. The topological polar surface area (TPSA) is 30.9 Å². The van der Waals surface area contributed by atoms with E-state index < -0.39 is 0 Å². The molecule has 0 amide bonds. The summed E-state index contributed by atoms with van der Waals surface area (Å²) in [5.41, 5.74) is 1.15. The largest absolute Gasteiger partial charge is 0.493 e. The average Bonchev–Trinajstić information content (AvgIpc) is 3.26. The molecule has 1 fully saturated rings. The van der Waals surface area contributed by atoms with Gasteiger partial charge in [-0.1, -0.05) is 12.1 Å². The summed E-state index contributed by atoms with van der Waals surface area (Å²) < 4.78 is 16.9. The van der Waals surface area contributed by atoms with Crippen LogP contribution in [0.25, 0.3) is 0 Å². The van der Waals surface area contributed by atoms with Crippen LogP contribution in [0, 0.1) is 6.92 Å². The highest BCUT2D eigenvalue weighted by atomic mass is 32.1. The lowest BCUT2D eigenvalue weighted by Gasteiger charge is -2.26. The minimum atomic E-state index is 0.331. The van der Waals surface area contributed by atoms with Crippen LogP contribution >= 0.6 is 11.3 Å². The Balaban J connectivity index is 1.78. The molecule has 1 aliphatic heterocycles. The van der Waals surface area contributed by atoms with Crippen molar-refractivity contribution in [2.24, 2.45) is 0 Å². The van der Waals surface area contributed by atoms with Crippen molar-refractivity contribution < 1.29 is 14.2 Å². The monoisotopic (exact) mass is 361 g/mol. The summed E-state index contributed by atoms with van der Waals surface area (Å²) in [4.78, 5) is 5.20. The molecule has 0 N–H and O–H groups in total. The predicted octanol–water partition coefficient (Wildman–Crippen LogP) is 4.25. The van der Waals surface area contributed by atoms with E-state index in [9.17, 15) is 0 Å². The van der Waals surface area contributed by atoms with Crippen LogP contribution in [0.1, 0.15) is 28.2 Å². The van der Waals surface area contributed by atoms with Gasteiger partial charge in [0.1, 0.15) is 0 Å². The molecule has 2 heterocycles. The van der Waals surface area contributed by atoms with Crippen molar-refractivity contribution >= 4 is 11.3 Å². The van der Waals surface area contributed by atoms with Crippen molar-refractivity contribution in [1.82, 2.24) is 4.90 Å². The van der Waals surface area contributed by atoms with Gasteiger partial charge < -0.3 is 14.2 Å². The number of hydrogen-bond donors (Lipinski definition) is 0. The smallest absolute Gasteiger partial charge is 0.165 e. The molecule has 2 aromatic rings. The number of rotatable bonds is 8. The molecular formula is C20H27NO3S. The molecule has 4 nitrogen and oxygen atoms in total. The number of aryl methyl sites for hydroxylation is 1. The maximum Gasteiger partial charge on any atom is 0.165 e. The van der Waals surface area contributed by atoms with Gasteiger partial charge in [-0.15, -0.1) is 11.3 Å². The van der Waals surface area contributed by atoms with Crippen molar-refractivity contribution in [1.29, 1.82) is 0 Å². The number of nitrogens with zero attached hydrogens (tertiary/aromatic N) is 1. The molecule has 1 aromatic carbocycles. The Morgan fingerprint density at radius 2 is 2.04 bits per heavy atom. The van der Waals surface area contributed by atoms with E-state index in [1.807, 2.05) is 23.5 Å². The van der Waals surface area contributed by atoms with Gasteiger partial charge in [0.2, 0.25) is 0 Å². The Morgan fingerprint density at radius 3 is 2.68 bits per heavy atom. The summed E-state index contributed by atoms with van der Waals surface area (Å²) >= 11 is 1.86. The Hall–Kier alpha value is -1.56. The van der Waals surface area contributed by atoms with Crippen molar-refractivity contribution in [3.8, 4) is 11.5 Å². The molecule has 1 atom stereocenters. The van der Waals surface area contributed by atoms with Gasteiger partial charge in [0.25, 0.3) is 0 Å². The highest BCUT2D eigenvalue weighted by Gasteiger charge is 2.21. The number of hydrogen-bond acceptors (Lipinski definition) is 5. The van der Waals surface area contributed by atoms with Crippen molar-refractivity contribution in [3.05, 3.63) is 45.6 Å². The van der Waals surface area contributed by atoms with Crippen LogP contribution in [0.5, 0.6) is 11.5 Å². The summed E-state index contributed by atoms with van der Waals surface area (Å²) in [6.45, 7) is 5.73. The summed E-state index contributed by atoms with van der Waals surface area (Å²) in [7, 11) is 3.38. The minimum Gasteiger partial charge on any atom is -0.493 e. The molecule has 0 spiro atoms. The first-order chi connectivity index (χ1) is 12.2. The number of para-hydroxylation sites is 1. The van der Waals surface area contributed by atoms with E-state index in [2.05, 4.69) is 30.0 Å². The third-order valence-corrected chi connectivity index (χ3v) is 5.53. The molecule has 1 aliphatic rings. The second-order valence-electron chi connectivity index (χ2n) is 6.47. The third kappa shape index (κ3) is 4.75. The van der Waals surface area contributed by atoms with Crippen LogP contribution in [0.3, 0.4) is 0 Å². The standard InChI is InChI=1S/C20H27NO3S/c1-15-9-10-18(25-15)14-21(13-17-7-5-11-24-17)12-16-6-4-8-19(22-2)20(16)23-3/h4,6,8-10,17H,5,7,11-14H2,1-3H3. The van der Waals surface area contributed by atoms with E-state index in [4.69, 9.17) is 14.2 Å². The first kappa shape index (κ1) is 18.2. The Bertz CT molecular complexity index is 679. The highest BCUT2D eigenvalue weighted by Crippen LogP contribution is 2.32. The first-order valence-corrected chi connectivity index (χ1v) is 9.60. The fraction of sp³-hybridized carbons (Fsp3) is 0.500. The molecule has 0 bridgehead atoms. The van der Waals surface area contributed by atoms with Crippen LogP contribution in [0.2, 0.25) is 0 Å². The number of thiophene rings is 1. The minimum absolute atomic E-state index is 0.331. The summed E-state index contributed by atoms with van der Waals surface area (Å²) in [6.07, 6.45) is 2.64. The average molecular weight is 362 g/mol. The Morgan fingerprint density at radius 1 is 1.16 bits per heavy atom. The molecule has 5 heteroatoms. The summed E-state index contributed by atoms with van der Waals surface area (Å²) in [5, 5.41) is 0. The van der Waals surface area contributed by atoms with Gasteiger partial charge >= 0.3 is 0 Å². The Labute approximate surface area is 154 Å². The van der Waals surface area contributed by atoms with Crippen LogP contribution in [-0.4, -0.2) is 38.4 Å². The molecule has 0 radical (unpaired) electrons. The predicted molar refractivity (Wildman–Crippen MR) is 102 cm³/mol. The lowest BCUT2D eigenvalue weighted by Crippen LogP contribution is -2.31. The summed E-state index contributed by atoms with van der Waals surface area (Å²) in [5.74, 6) is 1.61. The molecule has 0 saturated carbocycles. The van der Waals surface area contributed by atoms with Gasteiger partial charge in [-0.3, -0.25) is 4.90 Å². The number of ether oxygens (including phenoxy) is 3. The molecule has 136 valence electrons. The lowest BCUT2D eigenvalue weighted by molar-refractivity contribution is 0.0679. The van der Waals surface area contributed by atoms with Crippen LogP contribution in [-0.2, 0) is 17.8 Å². The van der Waals surface area contributed by atoms with Gasteiger partial charge in [-0.2, -0.15) is 0 Å². The van der Waals surface area contributed by atoms with Gasteiger partial charge in [0, 0.05) is 41.6 Å². The SMILES string of the molecule is COc1cccc(CN(Cc2ccc(C)s2)CC2CCCO2)c1OC. The fourth-order valence-corrected chi connectivity index (χ4v) is 4.30.